The fraction of sp³-hybridized carbons (Fsp3) is 1.00. The van der Waals surface area contributed by atoms with Crippen LogP contribution in [0.4, 0.5) is 0 Å². The lowest BCUT2D eigenvalue weighted by molar-refractivity contribution is 0.0836. The average molecular weight is 300 g/mol. The van der Waals surface area contributed by atoms with Gasteiger partial charge in [-0.05, 0) is 19.6 Å². The van der Waals surface area contributed by atoms with Gasteiger partial charge in [-0.3, -0.25) is 0 Å². The normalized spacial score (nSPS) is 23.6. The summed E-state index contributed by atoms with van der Waals surface area (Å²) in [6.45, 7) is 20.6. The van der Waals surface area contributed by atoms with Gasteiger partial charge in [0, 0.05) is 52.4 Å². The maximum Gasteiger partial charge on any atom is 0.0594 e. The fourth-order valence-corrected chi connectivity index (χ4v) is 2.66. The van der Waals surface area contributed by atoms with Crippen LogP contribution in [0.2, 0.25) is 0 Å². The minimum absolute atomic E-state index is 0.854. The SMILES string of the molecule is CCN1CCNCCN(CC)CCN(CC)CCOCC1. The minimum Gasteiger partial charge on any atom is -0.379 e. The van der Waals surface area contributed by atoms with Gasteiger partial charge in [0.2, 0.25) is 0 Å². The molecule has 0 atom stereocenters. The Kier molecular flexibility index (Phi) is 11.1. The highest BCUT2D eigenvalue weighted by molar-refractivity contribution is 4.65. The Bertz CT molecular complexity index is 218. The van der Waals surface area contributed by atoms with E-state index in [1.165, 1.54) is 0 Å². The van der Waals surface area contributed by atoms with Crippen LogP contribution in [-0.2, 0) is 4.74 Å². The lowest BCUT2D eigenvalue weighted by Crippen LogP contribution is -2.40. The van der Waals surface area contributed by atoms with Gasteiger partial charge in [0.25, 0.3) is 0 Å². The molecule has 1 aliphatic heterocycles. The van der Waals surface area contributed by atoms with Crippen LogP contribution in [0.1, 0.15) is 20.8 Å². The molecule has 0 aromatic rings. The van der Waals surface area contributed by atoms with Crippen molar-refractivity contribution in [3.63, 3.8) is 0 Å². The van der Waals surface area contributed by atoms with Gasteiger partial charge < -0.3 is 24.8 Å². The van der Waals surface area contributed by atoms with E-state index in [-0.39, 0.29) is 0 Å². The highest BCUT2D eigenvalue weighted by atomic mass is 16.5. The molecule has 1 N–H and O–H groups in total. The number of hydrogen-bond donors (Lipinski definition) is 1. The fourth-order valence-electron chi connectivity index (χ4n) is 2.66. The summed E-state index contributed by atoms with van der Waals surface area (Å²) in [5.41, 5.74) is 0. The number of likely N-dealkylation sites (N-methyl/N-ethyl adjacent to an activating group) is 3. The van der Waals surface area contributed by atoms with Gasteiger partial charge in [-0.1, -0.05) is 20.8 Å². The van der Waals surface area contributed by atoms with Crippen LogP contribution < -0.4 is 5.32 Å². The van der Waals surface area contributed by atoms with Crippen LogP contribution in [0.5, 0.6) is 0 Å². The number of nitrogens with one attached hydrogen (secondary N) is 1. The van der Waals surface area contributed by atoms with Crippen molar-refractivity contribution in [3.8, 4) is 0 Å². The topological polar surface area (TPSA) is 31.0 Å². The highest BCUT2D eigenvalue weighted by Gasteiger charge is 2.08. The summed E-state index contributed by atoms with van der Waals surface area (Å²) in [4.78, 5) is 7.49. The van der Waals surface area contributed by atoms with Crippen LogP contribution in [0.15, 0.2) is 0 Å². The second kappa shape index (κ2) is 12.4. The van der Waals surface area contributed by atoms with Crippen molar-refractivity contribution in [3.05, 3.63) is 0 Å². The van der Waals surface area contributed by atoms with Crippen LogP contribution in [0, 0.1) is 0 Å². The number of hydrogen-bond acceptors (Lipinski definition) is 5. The molecule has 0 bridgehead atoms. The standard InChI is InChI=1S/C16H36N4O/c1-4-18-9-7-17-8-10-19(5-2)13-15-21-16-14-20(6-3)12-11-18/h17H,4-16H2,1-3H3. The summed E-state index contributed by atoms with van der Waals surface area (Å²) in [5.74, 6) is 0. The molecule has 21 heavy (non-hydrogen) atoms. The Labute approximate surface area is 131 Å². The molecule has 5 nitrogen and oxygen atoms in total. The smallest absolute Gasteiger partial charge is 0.0594 e. The van der Waals surface area contributed by atoms with Crippen LogP contribution in [0.3, 0.4) is 0 Å². The Morgan fingerprint density at radius 3 is 1.57 bits per heavy atom. The molecule has 1 fully saturated rings. The first-order chi connectivity index (χ1) is 10.3. The summed E-state index contributed by atoms with van der Waals surface area (Å²) in [5, 5.41) is 3.57. The molecule has 5 heteroatoms. The summed E-state index contributed by atoms with van der Waals surface area (Å²) < 4.78 is 5.81. The zero-order valence-electron chi connectivity index (χ0n) is 14.4. The van der Waals surface area contributed by atoms with Crippen LogP contribution >= 0.6 is 0 Å². The van der Waals surface area contributed by atoms with Gasteiger partial charge >= 0.3 is 0 Å². The van der Waals surface area contributed by atoms with Gasteiger partial charge in [0.15, 0.2) is 0 Å². The van der Waals surface area contributed by atoms with Crippen molar-refractivity contribution < 1.29 is 4.74 Å². The number of ether oxygens (including phenoxy) is 1. The van der Waals surface area contributed by atoms with E-state index in [1.54, 1.807) is 0 Å². The van der Waals surface area contributed by atoms with E-state index in [9.17, 15) is 0 Å². The first kappa shape index (κ1) is 18.8. The molecule has 0 aliphatic carbocycles. The first-order valence-electron chi connectivity index (χ1n) is 8.75. The highest BCUT2D eigenvalue weighted by Crippen LogP contribution is 1.94. The Balaban J connectivity index is 2.43. The van der Waals surface area contributed by atoms with E-state index < -0.39 is 0 Å². The summed E-state index contributed by atoms with van der Waals surface area (Å²) in [6, 6.07) is 0. The number of nitrogens with zero attached hydrogens (tertiary/aromatic N) is 3. The van der Waals surface area contributed by atoms with Crippen molar-refractivity contribution in [1.29, 1.82) is 0 Å². The van der Waals surface area contributed by atoms with Gasteiger partial charge in [-0.15, -0.1) is 0 Å². The molecule has 1 heterocycles. The van der Waals surface area contributed by atoms with Crippen molar-refractivity contribution in [2.24, 2.45) is 0 Å². The van der Waals surface area contributed by atoms with Gasteiger partial charge in [0.05, 0.1) is 13.2 Å². The van der Waals surface area contributed by atoms with E-state index >= 15 is 0 Å². The molecule has 1 rings (SSSR count). The van der Waals surface area contributed by atoms with E-state index in [4.69, 9.17) is 4.74 Å². The average Bonchev–Trinajstić information content (AvgIpc) is 2.52. The van der Waals surface area contributed by atoms with Crippen molar-refractivity contribution in [2.75, 3.05) is 85.2 Å². The van der Waals surface area contributed by atoms with Gasteiger partial charge in [-0.25, -0.2) is 0 Å². The molecule has 0 saturated carbocycles. The lowest BCUT2D eigenvalue weighted by atomic mass is 10.4. The second-order valence-electron chi connectivity index (χ2n) is 5.67. The molecule has 126 valence electrons. The van der Waals surface area contributed by atoms with E-state index in [0.29, 0.717) is 0 Å². The Hall–Kier alpha value is -0.200. The molecule has 1 saturated heterocycles. The summed E-state index contributed by atoms with van der Waals surface area (Å²) in [7, 11) is 0. The zero-order valence-corrected chi connectivity index (χ0v) is 14.4. The van der Waals surface area contributed by atoms with Crippen molar-refractivity contribution >= 4 is 0 Å². The predicted molar refractivity (Wildman–Crippen MR) is 90.0 cm³/mol. The molecule has 0 aromatic heterocycles. The molecule has 0 unspecified atom stereocenters. The first-order valence-corrected chi connectivity index (χ1v) is 8.75. The summed E-state index contributed by atoms with van der Waals surface area (Å²) in [6.07, 6.45) is 0. The summed E-state index contributed by atoms with van der Waals surface area (Å²) >= 11 is 0. The van der Waals surface area contributed by atoms with Crippen LogP contribution in [-0.4, -0.2) is 99.9 Å². The van der Waals surface area contributed by atoms with Gasteiger partial charge in [0.1, 0.15) is 0 Å². The Morgan fingerprint density at radius 2 is 1.10 bits per heavy atom. The predicted octanol–water partition coefficient (Wildman–Crippen LogP) is 0.572. The molecule has 0 amide bonds. The molecule has 0 spiro atoms. The molecule has 1 aliphatic rings. The second-order valence-corrected chi connectivity index (χ2v) is 5.67. The molecular weight excluding hydrogens is 264 g/mol. The maximum atomic E-state index is 5.81. The van der Waals surface area contributed by atoms with E-state index in [1.807, 2.05) is 0 Å². The number of rotatable bonds is 3. The van der Waals surface area contributed by atoms with E-state index in [2.05, 4.69) is 40.8 Å². The monoisotopic (exact) mass is 300 g/mol. The third kappa shape index (κ3) is 8.73. The third-order valence-electron chi connectivity index (χ3n) is 4.39. The van der Waals surface area contributed by atoms with Crippen molar-refractivity contribution in [1.82, 2.24) is 20.0 Å². The van der Waals surface area contributed by atoms with Gasteiger partial charge in [-0.2, -0.15) is 0 Å². The maximum absolute atomic E-state index is 5.81. The van der Waals surface area contributed by atoms with E-state index in [0.717, 1.165) is 85.2 Å². The Morgan fingerprint density at radius 1 is 0.667 bits per heavy atom. The van der Waals surface area contributed by atoms with Crippen molar-refractivity contribution in [2.45, 2.75) is 20.8 Å². The lowest BCUT2D eigenvalue weighted by Gasteiger charge is -2.26. The third-order valence-corrected chi connectivity index (χ3v) is 4.39. The zero-order chi connectivity index (χ0) is 15.3. The molecule has 0 aromatic carbocycles. The largest absolute Gasteiger partial charge is 0.379 e. The quantitative estimate of drug-likeness (QED) is 0.824. The molecule has 0 radical (unpaired) electrons. The molecular formula is C16H36N4O. The minimum atomic E-state index is 0.854. The van der Waals surface area contributed by atoms with Crippen LogP contribution in [0.25, 0.3) is 0 Å².